The highest BCUT2D eigenvalue weighted by atomic mass is 32.1. The summed E-state index contributed by atoms with van der Waals surface area (Å²) < 4.78 is 0. The quantitative estimate of drug-likeness (QED) is 0.567. The van der Waals surface area contributed by atoms with Gasteiger partial charge in [0.25, 0.3) is 0 Å². The Labute approximate surface area is 94.1 Å². The fourth-order valence-corrected chi connectivity index (χ4v) is 1.50. The molecule has 1 rings (SSSR count). The van der Waals surface area contributed by atoms with Crippen molar-refractivity contribution in [1.82, 2.24) is 4.98 Å². The van der Waals surface area contributed by atoms with E-state index in [2.05, 4.69) is 4.98 Å². The highest BCUT2D eigenvalue weighted by Crippen LogP contribution is 2.20. The van der Waals surface area contributed by atoms with E-state index in [4.69, 9.17) is 21.7 Å². The highest BCUT2D eigenvalue weighted by Gasteiger charge is 2.23. The number of aliphatic carboxylic acids is 1. The molecule has 0 fully saturated rings. The van der Waals surface area contributed by atoms with Gasteiger partial charge in [0.2, 0.25) is 0 Å². The SMILES string of the molecule is Nc1nc(N(C[C@H](N)C(=O)O)C(=O)O)cs1. The molecule has 9 heteroatoms. The summed E-state index contributed by atoms with van der Waals surface area (Å²) in [6, 6.07) is -1.31. The second-order valence-electron chi connectivity index (χ2n) is 2.88. The molecule has 0 aliphatic carbocycles. The Kier molecular flexibility index (Phi) is 3.64. The topological polar surface area (TPSA) is 143 Å². The van der Waals surface area contributed by atoms with Gasteiger partial charge in [-0.1, -0.05) is 0 Å². The summed E-state index contributed by atoms with van der Waals surface area (Å²) >= 11 is 1.06. The number of nitrogens with two attached hydrogens (primary N) is 2. The van der Waals surface area contributed by atoms with Crippen LogP contribution in [0.2, 0.25) is 0 Å². The van der Waals surface area contributed by atoms with Crippen LogP contribution in [0.3, 0.4) is 0 Å². The first-order valence-electron chi connectivity index (χ1n) is 4.11. The molecule has 1 heterocycles. The smallest absolute Gasteiger partial charge is 0.413 e. The number of carboxylic acids is 1. The molecule has 1 aromatic rings. The number of nitrogens with zero attached hydrogens (tertiary/aromatic N) is 2. The van der Waals surface area contributed by atoms with Crippen molar-refractivity contribution in [3.05, 3.63) is 5.38 Å². The second kappa shape index (κ2) is 4.77. The maximum Gasteiger partial charge on any atom is 0.413 e. The Morgan fingerprint density at radius 3 is 2.56 bits per heavy atom. The molecular weight excluding hydrogens is 236 g/mol. The molecule has 1 amide bonds. The lowest BCUT2D eigenvalue weighted by atomic mass is 10.3. The monoisotopic (exact) mass is 246 g/mol. The van der Waals surface area contributed by atoms with Crippen LogP contribution in [0.4, 0.5) is 15.7 Å². The van der Waals surface area contributed by atoms with Gasteiger partial charge in [0.05, 0.1) is 6.54 Å². The largest absolute Gasteiger partial charge is 0.480 e. The number of hydrogen-bond donors (Lipinski definition) is 4. The predicted molar refractivity (Wildman–Crippen MR) is 57.5 cm³/mol. The molecule has 88 valence electrons. The Morgan fingerprint density at radius 1 is 1.56 bits per heavy atom. The van der Waals surface area contributed by atoms with Crippen LogP contribution in [0.25, 0.3) is 0 Å². The van der Waals surface area contributed by atoms with Crippen molar-refractivity contribution in [3.63, 3.8) is 0 Å². The lowest BCUT2D eigenvalue weighted by molar-refractivity contribution is -0.138. The Bertz CT molecular complexity index is 407. The minimum absolute atomic E-state index is 0.0756. The van der Waals surface area contributed by atoms with Crippen molar-refractivity contribution in [2.45, 2.75) is 6.04 Å². The zero-order valence-corrected chi connectivity index (χ0v) is 8.85. The van der Waals surface area contributed by atoms with E-state index < -0.39 is 18.1 Å². The summed E-state index contributed by atoms with van der Waals surface area (Å²) in [6.45, 7) is -0.381. The van der Waals surface area contributed by atoms with Gasteiger partial charge in [0, 0.05) is 5.38 Å². The number of amides is 1. The highest BCUT2D eigenvalue weighted by molar-refractivity contribution is 7.13. The van der Waals surface area contributed by atoms with Crippen molar-refractivity contribution in [2.75, 3.05) is 17.2 Å². The first kappa shape index (κ1) is 12.2. The maximum atomic E-state index is 10.9. The molecule has 16 heavy (non-hydrogen) atoms. The minimum atomic E-state index is -1.33. The third-order valence-corrected chi connectivity index (χ3v) is 2.38. The summed E-state index contributed by atoms with van der Waals surface area (Å²) in [5.41, 5.74) is 10.6. The molecule has 6 N–H and O–H groups in total. The molecule has 0 aromatic carbocycles. The Hall–Kier alpha value is -1.87. The molecule has 0 unspecified atom stereocenters. The number of anilines is 2. The van der Waals surface area contributed by atoms with Crippen LogP contribution < -0.4 is 16.4 Å². The molecule has 8 nitrogen and oxygen atoms in total. The minimum Gasteiger partial charge on any atom is -0.480 e. The van der Waals surface area contributed by atoms with E-state index in [1.54, 1.807) is 0 Å². The van der Waals surface area contributed by atoms with Gasteiger partial charge in [-0.05, 0) is 0 Å². The van der Waals surface area contributed by atoms with Crippen LogP contribution >= 0.6 is 11.3 Å². The van der Waals surface area contributed by atoms with E-state index in [9.17, 15) is 9.59 Å². The lowest BCUT2D eigenvalue weighted by Gasteiger charge is -2.18. The van der Waals surface area contributed by atoms with Crippen LogP contribution in [-0.2, 0) is 4.79 Å². The van der Waals surface area contributed by atoms with Gasteiger partial charge in [0.1, 0.15) is 6.04 Å². The van der Waals surface area contributed by atoms with Crippen molar-refractivity contribution >= 4 is 34.3 Å². The van der Waals surface area contributed by atoms with Gasteiger partial charge < -0.3 is 21.7 Å². The molecule has 0 bridgehead atoms. The Balaban J connectivity index is 2.84. The number of carboxylic acid groups (broad SMARTS) is 2. The average Bonchev–Trinajstić information content (AvgIpc) is 2.59. The van der Waals surface area contributed by atoms with E-state index in [0.29, 0.717) is 0 Å². The molecule has 1 aromatic heterocycles. The van der Waals surface area contributed by atoms with Crippen molar-refractivity contribution < 1.29 is 19.8 Å². The van der Waals surface area contributed by atoms with Crippen LogP contribution in [0.1, 0.15) is 0 Å². The molecule has 1 atom stereocenters. The first-order valence-corrected chi connectivity index (χ1v) is 4.99. The zero-order chi connectivity index (χ0) is 12.3. The van der Waals surface area contributed by atoms with E-state index in [1.807, 2.05) is 0 Å². The van der Waals surface area contributed by atoms with E-state index >= 15 is 0 Å². The van der Waals surface area contributed by atoms with E-state index in [1.165, 1.54) is 5.38 Å². The molecule has 0 saturated carbocycles. The van der Waals surface area contributed by atoms with E-state index in [0.717, 1.165) is 16.2 Å². The number of nitrogen functional groups attached to an aromatic ring is 1. The molecule has 0 saturated heterocycles. The van der Waals surface area contributed by atoms with Gasteiger partial charge in [-0.3, -0.25) is 9.69 Å². The third kappa shape index (κ3) is 2.81. The van der Waals surface area contributed by atoms with Gasteiger partial charge in [-0.25, -0.2) is 9.78 Å². The maximum absolute atomic E-state index is 10.9. The first-order chi connectivity index (χ1) is 7.41. The number of carbonyl (C=O) groups is 2. The third-order valence-electron chi connectivity index (χ3n) is 1.71. The molecule has 0 aliphatic heterocycles. The number of rotatable bonds is 4. The van der Waals surface area contributed by atoms with Crippen LogP contribution in [0.15, 0.2) is 5.38 Å². The van der Waals surface area contributed by atoms with Crippen LogP contribution in [-0.4, -0.2) is 39.8 Å². The summed E-state index contributed by atoms with van der Waals surface area (Å²) in [5.74, 6) is -1.21. The van der Waals surface area contributed by atoms with Gasteiger partial charge in [-0.2, -0.15) is 0 Å². The zero-order valence-electron chi connectivity index (χ0n) is 8.03. The van der Waals surface area contributed by atoms with Gasteiger partial charge in [0.15, 0.2) is 10.9 Å². The van der Waals surface area contributed by atoms with Crippen molar-refractivity contribution in [1.29, 1.82) is 0 Å². The number of thiazole rings is 1. The van der Waals surface area contributed by atoms with Gasteiger partial charge >= 0.3 is 12.1 Å². The summed E-state index contributed by atoms with van der Waals surface area (Å²) in [4.78, 5) is 25.9. The van der Waals surface area contributed by atoms with Gasteiger partial charge in [-0.15, -0.1) is 11.3 Å². The summed E-state index contributed by atoms with van der Waals surface area (Å²) in [5, 5.41) is 19.1. The predicted octanol–water partition coefficient (Wildman–Crippen LogP) is -0.378. The lowest BCUT2D eigenvalue weighted by Crippen LogP contribution is -2.45. The number of aromatic nitrogens is 1. The fraction of sp³-hybridized carbons (Fsp3) is 0.286. The molecule has 0 spiro atoms. The van der Waals surface area contributed by atoms with Crippen LogP contribution in [0.5, 0.6) is 0 Å². The molecular formula is C7H10N4O4S. The fourth-order valence-electron chi connectivity index (χ4n) is 0.947. The van der Waals surface area contributed by atoms with Crippen molar-refractivity contribution in [2.24, 2.45) is 5.73 Å². The summed E-state index contributed by atoms with van der Waals surface area (Å²) in [7, 11) is 0. The Morgan fingerprint density at radius 2 is 2.19 bits per heavy atom. The molecule has 0 aliphatic rings. The second-order valence-corrected chi connectivity index (χ2v) is 3.77. The van der Waals surface area contributed by atoms with Crippen molar-refractivity contribution in [3.8, 4) is 0 Å². The number of hydrogen-bond acceptors (Lipinski definition) is 6. The standard InChI is InChI=1S/C7H10N4O4S/c8-3(5(12)13)1-11(7(14)15)4-2-16-6(9)10-4/h2-3H,1,8H2,(H2,9,10)(H,12,13)(H,14,15)/t3-/m0/s1. The average molecular weight is 246 g/mol. The van der Waals surface area contributed by atoms with Crippen LogP contribution in [0, 0.1) is 0 Å². The molecule has 0 radical (unpaired) electrons. The van der Waals surface area contributed by atoms with E-state index in [-0.39, 0.29) is 17.5 Å². The summed E-state index contributed by atoms with van der Waals surface area (Å²) in [6.07, 6.45) is -1.33. The normalized spacial score (nSPS) is 12.1.